The molecule has 228 valence electrons. The van der Waals surface area contributed by atoms with Gasteiger partial charge in [-0.1, -0.05) is 88.4 Å². The lowest BCUT2D eigenvalue weighted by molar-refractivity contribution is -0.119. The van der Waals surface area contributed by atoms with Crippen molar-refractivity contribution >= 4 is 34.2 Å². The van der Waals surface area contributed by atoms with Gasteiger partial charge in [0.05, 0.1) is 10.7 Å². The van der Waals surface area contributed by atoms with E-state index in [-0.39, 0.29) is 22.4 Å². The van der Waals surface area contributed by atoms with Crippen LogP contribution in [0.2, 0.25) is 0 Å². The summed E-state index contributed by atoms with van der Waals surface area (Å²) < 4.78 is 13.1. The summed E-state index contributed by atoms with van der Waals surface area (Å²) in [6, 6.07) is 24.5. The Hall–Kier alpha value is -3.39. The summed E-state index contributed by atoms with van der Waals surface area (Å²) in [5.74, 6) is 1.08. The van der Waals surface area contributed by atoms with Gasteiger partial charge in [-0.2, -0.15) is 0 Å². The first-order valence-electron chi connectivity index (χ1n) is 15.3. The lowest BCUT2D eigenvalue weighted by Crippen LogP contribution is -2.44. The Bertz CT molecular complexity index is 1620. The second-order valence-corrected chi connectivity index (χ2v) is 15.1. The molecule has 44 heavy (non-hydrogen) atoms. The topological polar surface area (TPSA) is 55.8 Å². The van der Waals surface area contributed by atoms with Crippen LogP contribution in [0.1, 0.15) is 76.0 Å². The number of methoxy groups -OCH3 is 1. The third-order valence-corrected chi connectivity index (χ3v) is 9.82. The van der Waals surface area contributed by atoms with E-state index in [1.165, 1.54) is 0 Å². The maximum atomic E-state index is 14.2. The van der Waals surface area contributed by atoms with Gasteiger partial charge in [0.1, 0.15) is 6.61 Å². The summed E-state index contributed by atoms with van der Waals surface area (Å²) in [7, 11) is 1.64. The highest BCUT2D eigenvalue weighted by Crippen LogP contribution is 2.55. The van der Waals surface area contributed by atoms with Crippen molar-refractivity contribution in [1.29, 1.82) is 0 Å². The largest absolute Gasteiger partial charge is 0.493 e. The average Bonchev–Trinajstić information content (AvgIpc) is 2.96. The number of ketones is 2. The van der Waals surface area contributed by atoms with Crippen LogP contribution in [0.4, 0.5) is 0 Å². The molecular weight excluding hydrogens is 661 g/mol. The maximum Gasteiger partial charge on any atom is 0.174 e. The minimum atomic E-state index is -0.440. The van der Waals surface area contributed by atoms with Crippen molar-refractivity contribution in [3.63, 3.8) is 0 Å². The molecule has 3 aliphatic rings. The van der Waals surface area contributed by atoms with E-state index in [9.17, 15) is 9.59 Å². The number of Topliss-reactive ketones (excluding diaryl/α,β-unsaturated/α-hetero) is 2. The molecule has 1 heterocycles. The lowest BCUT2D eigenvalue weighted by atomic mass is 9.63. The first-order valence-corrected chi connectivity index (χ1v) is 16.4. The minimum absolute atomic E-state index is 0.127. The van der Waals surface area contributed by atoms with Gasteiger partial charge in [-0.3, -0.25) is 9.59 Å². The van der Waals surface area contributed by atoms with Crippen molar-refractivity contribution in [1.82, 2.24) is 4.90 Å². The SMILES string of the molecule is COc1cc(C2C3=C(CC(C)(C)CC3=O)N(Cc3ccccc3)C3=C2C(=O)CC(C)(C)C3)cc(I)c1OCc1ccccc1. The highest BCUT2D eigenvalue weighted by atomic mass is 127. The van der Waals surface area contributed by atoms with Crippen molar-refractivity contribution in [3.05, 3.63) is 116 Å². The number of halogens is 1. The monoisotopic (exact) mass is 701 g/mol. The van der Waals surface area contributed by atoms with E-state index in [2.05, 4.69) is 73.4 Å². The quantitative estimate of drug-likeness (QED) is 0.231. The standard InChI is InChI=1S/C38H40INO4/c1-37(2)18-28-34(30(41)20-37)33(26-16-27(39)36(32(17-26)43-5)44-23-25-14-10-7-11-15-25)35-29(19-38(3,4)21-31(35)42)40(28)22-24-12-8-6-9-13-24/h6-17,33H,18-23H2,1-5H3. The van der Waals surface area contributed by atoms with E-state index in [4.69, 9.17) is 9.47 Å². The van der Waals surface area contributed by atoms with Crippen molar-refractivity contribution in [2.75, 3.05) is 7.11 Å². The Morgan fingerprint density at radius 3 is 1.82 bits per heavy atom. The molecule has 0 N–H and O–H groups in total. The molecular formula is C38H40INO4. The van der Waals surface area contributed by atoms with Gasteiger partial charge in [0.25, 0.3) is 0 Å². The summed E-state index contributed by atoms with van der Waals surface area (Å²) in [6.45, 7) is 9.75. The zero-order chi connectivity index (χ0) is 31.2. The third kappa shape index (κ3) is 5.97. The number of rotatable bonds is 7. The van der Waals surface area contributed by atoms with Crippen molar-refractivity contribution in [3.8, 4) is 11.5 Å². The Labute approximate surface area is 274 Å². The van der Waals surface area contributed by atoms with Crippen LogP contribution in [-0.2, 0) is 22.7 Å². The smallest absolute Gasteiger partial charge is 0.174 e. The van der Waals surface area contributed by atoms with Gasteiger partial charge >= 0.3 is 0 Å². The van der Waals surface area contributed by atoms with Crippen molar-refractivity contribution < 1.29 is 19.1 Å². The zero-order valence-corrected chi connectivity index (χ0v) is 28.4. The molecule has 0 saturated heterocycles. The third-order valence-electron chi connectivity index (χ3n) is 9.02. The highest BCUT2D eigenvalue weighted by molar-refractivity contribution is 14.1. The predicted molar refractivity (Wildman–Crippen MR) is 181 cm³/mol. The number of allylic oxidation sites excluding steroid dienone is 4. The molecule has 0 amide bonds. The van der Waals surface area contributed by atoms with Crippen LogP contribution in [0, 0.1) is 14.4 Å². The van der Waals surface area contributed by atoms with Crippen LogP contribution in [0.15, 0.2) is 95.3 Å². The van der Waals surface area contributed by atoms with Crippen LogP contribution >= 0.6 is 22.6 Å². The first-order chi connectivity index (χ1) is 21.0. The fourth-order valence-electron chi connectivity index (χ4n) is 7.11. The molecule has 6 rings (SSSR count). The summed E-state index contributed by atoms with van der Waals surface area (Å²) in [6.07, 6.45) is 2.46. The second kappa shape index (κ2) is 11.8. The summed E-state index contributed by atoms with van der Waals surface area (Å²) in [5.41, 5.74) is 6.42. The van der Waals surface area contributed by atoms with Gasteiger partial charge in [0.15, 0.2) is 23.1 Å². The van der Waals surface area contributed by atoms with E-state index < -0.39 is 5.92 Å². The van der Waals surface area contributed by atoms with E-state index in [1.807, 2.05) is 54.6 Å². The van der Waals surface area contributed by atoms with Crippen LogP contribution in [0.3, 0.4) is 0 Å². The van der Waals surface area contributed by atoms with Crippen LogP contribution in [0.5, 0.6) is 11.5 Å². The van der Waals surface area contributed by atoms with E-state index >= 15 is 0 Å². The van der Waals surface area contributed by atoms with Gasteiger partial charge < -0.3 is 14.4 Å². The van der Waals surface area contributed by atoms with E-state index in [0.717, 1.165) is 55.6 Å². The number of benzene rings is 3. The van der Waals surface area contributed by atoms with Gasteiger partial charge in [0, 0.05) is 47.8 Å². The Morgan fingerprint density at radius 1 is 0.773 bits per heavy atom. The van der Waals surface area contributed by atoms with Crippen molar-refractivity contribution in [2.24, 2.45) is 10.8 Å². The Morgan fingerprint density at radius 2 is 1.30 bits per heavy atom. The summed E-state index contributed by atoms with van der Waals surface area (Å²) in [5, 5.41) is 0. The molecule has 5 nitrogen and oxygen atoms in total. The molecule has 3 aromatic carbocycles. The van der Waals surface area contributed by atoms with Gasteiger partial charge in [-0.15, -0.1) is 0 Å². The number of ether oxygens (including phenoxy) is 2. The molecule has 0 spiro atoms. The molecule has 6 heteroatoms. The van der Waals surface area contributed by atoms with E-state index in [0.29, 0.717) is 37.5 Å². The maximum absolute atomic E-state index is 14.2. The molecule has 0 saturated carbocycles. The molecule has 0 aromatic heterocycles. The van der Waals surface area contributed by atoms with Crippen LogP contribution in [0.25, 0.3) is 0 Å². The summed E-state index contributed by atoms with van der Waals surface area (Å²) >= 11 is 2.29. The summed E-state index contributed by atoms with van der Waals surface area (Å²) in [4.78, 5) is 30.8. The first kappa shape index (κ1) is 30.6. The lowest BCUT2D eigenvalue weighted by Gasteiger charge is -2.49. The Kier molecular flexibility index (Phi) is 8.24. The van der Waals surface area contributed by atoms with Crippen LogP contribution in [-0.4, -0.2) is 23.6 Å². The zero-order valence-electron chi connectivity index (χ0n) is 26.2. The normalized spacial score (nSPS) is 19.5. The average molecular weight is 702 g/mol. The molecule has 0 bridgehead atoms. The van der Waals surface area contributed by atoms with Crippen LogP contribution < -0.4 is 9.47 Å². The Balaban J connectivity index is 1.51. The molecule has 1 aliphatic heterocycles. The highest BCUT2D eigenvalue weighted by Gasteiger charge is 2.49. The number of hydrogen-bond donors (Lipinski definition) is 0. The molecule has 0 fully saturated rings. The minimum Gasteiger partial charge on any atom is -0.493 e. The number of carbonyl (C=O) groups is 2. The van der Waals surface area contributed by atoms with Gasteiger partial charge in [-0.05, 0) is 75.1 Å². The predicted octanol–water partition coefficient (Wildman–Crippen LogP) is 8.76. The molecule has 0 atom stereocenters. The fraction of sp³-hybridized carbons (Fsp3) is 0.368. The second-order valence-electron chi connectivity index (χ2n) is 13.9. The number of nitrogens with zero attached hydrogens (tertiary/aromatic N) is 1. The number of carbonyl (C=O) groups excluding carboxylic acids is 2. The van der Waals surface area contributed by atoms with E-state index in [1.54, 1.807) is 7.11 Å². The van der Waals surface area contributed by atoms with Gasteiger partial charge in [-0.25, -0.2) is 0 Å². The molecule has 3 aromatic rings. The molecule has 0 radical (unpaired) electrons. The fourth-order valence-corrected chi connectivity index (χ4v) is 7.90. The molecule has 2 aliphatic carbocycles. The molecule has 0 unspecified atom stereocenters. The number of hydrogen-bond acceptors (Lipinski definition) is 5. The van der Waals surface area contributed by atoms with Gasteiger partial charge in [0.2, 0.25) is 0 Å². The van der Waals surface area contributed by atoms with Crippen molar-refractivity contribution in [2.45, 2.75) is 72.4 Å².